The average Bonchev–Trinajstić information content (AvgIpc) is 3.02. The fourth-order valence-electron chi connectivity index (χ4n) is 3.36. The number of rotatable bonds is 3. The van der Waals surface area contributed by atoms with Crippen molar-refractivity contribution in [2.24, 2.45) is 13.0 Å². The lowest BCUT2D eigenvalue weighted by molar-refractivity contribution is -0.0683. The lowest BCUT2D eigenvalue weighted by Gasteiger charge is -2.36. The van der Waals surface area contributed by atoms with Gasteiger partial charge in [0.1, 0.15) is 5.69 Å². The van der Waals surface area contributed by atoms with Gasteiger partial charge in [0, 0.05) is 38.4 Å². The van der Waals surface area contributed by atoms with Crippen molar-refractivity contribution >= 4 is 5.91 Å². The molecule has 0 bridgehead atoms. The summed E-state index contributed by atoms with van der Waals surface area (Å²) in [5.74, 6) is 0.566. The molecule has 1 amide bonds. The minimum absolute atomic E-state index is 0.0219. The number of nitrogens with zero attached hydrogens (tertiary/aromatic N) is 2. The van der Waals surface area contributed by atoms with E-state index in [4.69, 9.17) is 4.74 Å². The molecule has 2 aliphatic heterocycles. The molecule has 5 heteroatoms. The van der Waals surface area contributed by atoms with Crippen LogP contribution in [0.3, 0.4) is 0 Å². The molecule has 3 atom stereocenters. The first-order chi connectivity index (χ1) is 10.0. The first kappa shape index (κ1) is 14.6. The zero-order chi connectivity index (χ0) is 15.0. The van der Waals surface area contributed by atoms with Gasteiger partial charge in [0.15, 0.2) is 0 Å². The van der Waals surface area contributed by atoms with Crippen LogP contribution < -0.4 is 5.32 Å². The summed E-state index contributed by atoms with van der Waals surface area (Å²) in [6.45, 7) is 7.12. The average molecular weight is 291 g/mol. The molecule has 0 aromatic carbocycles. The molecular weight excluding hydrogens is 266 g/mol. The molecule has 3 heterocycles. The highest BCUT2D eigenvalue weighted by Gasteiger charge is 2.38. The number of aromatic nitrogens is 1. The predicted molar refractivity (Wildman–Crippen MR) is 81.2 cm³/mol. The monoisotopic (exact) mass is 291 g/mol. The molecule has 2 fully saturated rings. The lowest BCUT2D eigenvalue weighted by atomic mass is 10.0. The summed E-state index contributed by atoms with van der Waals surface area (Å²) < 4.78 is 7.80. The molecule has 1 N–H and O–H groups in total. The van der Waals surface area contributed by atoms with Crippen LogP contribution in [0.2, 0.25) is 0 Å². The van der Waals surface area contributed by atoms with Gasteiger partial charge < -0.3 is 14.6 Å². The van der Waals surface area contributed by atoms with Gasteiger partial charge in [-0.15, -0.1) is 0 Å². The summed E-state index contributed by atoms with van der Waals surface area (Å²) in [5.41, 5.74) is 0.719. The van der Waals surface area contributed by atoms with Gasteiger partial charge in [-0.1, -0.05) is 13.8 Å². The van der Waals surface area contributed by atoms with E-state index in [-0.39, 0.29) is 11.9 Å². The van der Waals surface area contributed by atoms with E-state index < -0.39 is 0 Å². The number of carbonyl (C=O) groups is 1. The standard InChI is InChI=1S/C16H25N3O2/c1-11(2)15-9-19-8-12(7-13(19)10-21-15)17-16(20)14-5-4-6-18(14)3/h4-6,11-13,15H,7-10H2,1-3H3,(H,17,20)/t12-,13+,15+/m1/s1. The van der Waals surface area contributed by atoms with Crippen LogP contribution >= 0.6 is 0 Å². The first-order valence-corrected chi connectivity index (χ1v) is 7.82. The first-order valence-electron chi connectivity index (χ1n) is 7.82. The maximum atomic E-state index is 12.3. The number of aryl methyl sites for hydroxylation is 1. The molecule has 116 valence electrons. The van der Waals surface area contributed by atoms with Crippen LogP contribution in [0.1, 0.15) is 30.8 Å². The van der Waals surface area contributed by atoms with E-state index in [1.165, 1.54) is 0 Å². The zero-order valence-corrected chi connectivity index (χ0v) is 13.1. The van der Waals surface area contributed by atoms with Crippen LogP contribution in [0.15, 0.2) is 18.3 Å². The fraction of sp³-hybridized carbons (Fsp3) is 0.688. The van der Waals surface area contributed by atoms with Crippen molar-refractivity contribution in [1.82, 2.24) is 14.8 Å². The van der Waals surface area contributed by atoms with Crippen LogP contribution in [-0.2, 0) is 11.8 Å². The van der Waals surface area contributed by atoms with Crippen LogP contribution in [0.5, 0.6) is 0 Å². The number of carbonyl (C=O) groups excluding carboxylic acids is 1. The van der Waals surface area contributed by atoms with Gasteiger partial charge in [-0.05, 0) is 24.5 Å². The molecule has 5 nitrogen and oxygen atoms in total. The van der Waals surface area contributed by atoms with Gasteiger partial charge in [-0.25, -0.2) is 0 Å². The molecule has 3 rings (SSSR count). The second-order valence-electron chi connectivity index (χ2n) is 6.63. The quantitative estimate of drug-likeness (QED) is 0.912. The molecule has 21 heavy (non-hydrogen) atoms. The van der Waals surface area contributed by atoms with Crippen molar-refractivity contribution in [3.8, 4) is 0 Å². The number of ether oxygens (including phenoxy) is 1. The van der Waals surface area contributed by atoms with E-state index in [0.717, 1.165) is 31.8 Å². The molecule has 0 aliphatic carbocycles. The Bertz CT molecular complexity index is 511. The lowest BCUT2D eigenvalue weighted by Crippen LogP contribution is -2.48. The SMILES string of the molecule is CC(C)[C@@H]1CN2C[C@H](NC(=O)c3cccn3C)C[C@H]2CO1. The van der Waals surface area contributed by atoms with Gasteiger partial charge in [0.2, 0.25) is 0 Å². The highest BCUT2D eigenvalue weighted by molar-refractivity contribution is 5.92. The van der Waals surface area contributed by atoms with Gasteiger partial charge >= 0.3 is 0 Å². The van der Waals surface area contributed by atoms with Crippen LogP contribution in [0, 0.1) is 5.92 Å². The van der Waals surface area contributed by atoms with E-state index >= 15 is 0 Å². The molecule has 0 spiro atoms. The van der Waals surface area contributed by atoms with Gasteiger partial charge in [0.25, 0.3) is 5.91 Å². The third-order valence-corrected chi connectivity index (χ3v) is 4.70. The second-order valence-corrected chi connectivity index (χ2v) is 6.63. The fourth-order valence-corrected chi connectivity index (χ4v) is 3.36. The van der Waals surface area contributed by atoms with E-state index in [1.54, 1.807) is 0 Å². The Labute approximate surface area is 126 Å². The number of morpholine rings is 1. The topological polar surface area (TPSA) is 46.5 Å². The summed E-state index contributed by atoms with van der Waals surface area (Å²) in [4.78, 5) is 14.8. The van der Waals surface area contributed by atoms with Gasteiger partial charge in [-0.2, -0.15) is 0 Å². The Kier molecular flexibility index (Phi) is 4.04. The summed E-state index contributed by atoms with van der Waals surface area (Å²) in [5, 5.41) is 3.17. The molecule has 0 saturated carbocycles. The highest BCUT2D eigenvalue weighted by atomic mass is 16.5. The minimum Gasteiger partial charge on any atom is -0.375 e. The smallest absolute Gasteiger partial charge is 0.268 e. The number of hydrogen-bond donors (Lipinski definition) is 1. The third-order valence-electron chi connectivity index (χ3n) is 4.70. The highest BCUT2D eigenvalue weighted by Crippen LogP contribution is 2.25. The van der Waals surface area contributed by atoms with Gasteiger partial charge in [0.05, 0.1) is 12.7 Å². The number of amides is 1. The third kappa shape index (κ3) is 2.99. The molecular formula is C16H25N3O2. The van der Waals surface area contributed by atoms with Crippen molar-refractivity contribution in [1.29, 1.82) is 0 Å². The van der Waals surface area contributed by atoms with Gasteiger partial charge in [-0.3, -0.25) is 9.69 Å². The predicted octanol–water partition coefficient (Wildman–Crippen LogP) is 1.25. The Morgan fingerprint density at radius 3 is 2.90 bits per heavy atom. The zero-order valence-electron chi connectivity index (χ0n) is 13.1. The molecule has 1 aromatic rings. The van der Waals surface area contributed by atoms with E-state index in [1.807, 2.05) is 29.9 Å². The summed E-state index contributed by atoms with van der Waals surface area (Å²) in [6, 6.07) is 4.44. The van der Waals surface area contributed by atoms with E-state index in [9.17, 15) is 4.79 Å². The summed E-state index contributed by atoms with van der Waals surface area (Å²) >= 11 is 0. The summed E-state index contributed by atoms with van der Waals surface area (Å²) in [6.07, 6.45) is 3.21. The minimum atomic E-state index is 0.0219. The Morgan fingerprint density at radius 1 is 1.43 bits per heavy atom. The van der Waals surface area contributed by atoms with Crippen LogP contribution in [-0.4, -0.2) is 53.3 Å². The molecule has 2 aliphatic rings. The van der Waals surface area contributed by atoms with Crippen LogP contribution in [0.25, 0.3) is 0 Å². The Balaban J connectivity index is 1.58. The van der Waals surface area contributed by atoms with Crippen molar-refractivity contribution in [3.63, 3.8) is 0 Å². The maximum absolute atomic E-state index is 12.3. The number of fused-ring (bicyclic) bond motifs is 1. The largest absolute Gasteiger partial charge is 0.375 e. The van der Waals surface area contributed by atoms with Crippen molar-refractivity contribution in [3.05, 3.63) is 24.0 Å². The molecule has 0 radical (unpaired) electrons. The Hall–Kier alpha value is -1.33. The normalized spacial score (nSPS) is 29.6. The summed E-state index contributed by atoms with van der Waals surface area (Å²) in [7, 11) is 1.90. The van der Waals surface area contributed by atoms with E-state index in [2.05, 4.69) is 24.1 Å². The molecule has 1 aromatic heterocycles. The Morgan fingerprint density at radius 2 is 2.24 bits per heavy atom. The van der Waals surface area contributed by atoms with Crippen molar-refractivity contribution < 1.29 is 9.53 Å². The van der Waals surface area contributed by atoms with Crippen molar-refractivity contribution in [2.45, 2.75) is 38.5 Å². The molecule has 2 saturated heterocycles. The van der Waals surface area contributed by atoms with Crippen LogP contribution in [0.4, 0.5) is 0 Å². The number of hydrogen-bond acceptors (Lipinski definition) is 3. The van der Waals surface area contributed by atoms with Crippen molar-refractivity contribution in [2.75, 3.05) is 19.7 Å². The second kappa shape index (κ2) is 5.81. The molecule has 0 unspecified atom stereocenters. The number of nitrogens with one attached hydrogen (secondary N) is 1. The van der Waals surface area contributed by atoms with E-state index in [0.29, 0.717) is 18.1 Å². The maximum Gasteiger partial charge on any atom is 0.268 e.